The molecule has 0 unspecified atom stereocenters. The summed E-state index contributed by atoms with van der Waals surface area (Å²) in [5, 5.41) is 25.9. The van der Waals surface area contributed by atoms with Gasteiger partial charge < -0.3 is 20.1 Å². The zero-order valence-electron chi connectivity index (χ0n) is 18.4. The predicted octanol–water partition coefficient (Wildman–Crippen LogP) is 4.41. The molecular formula is C24H23ClFN5O2S. The van der Waals surface area contributed by atoms with Crippen LogP contribution in [0.3, 0.4) is 0 Å². The SMILES string of the molecule is Cc1ccc(Nc2ncc3ccn(-c4ccc(C(O)(O)N5CCSCC5)c(F)c4)c3n2)cc1Cl. The zero-order valence-corrected chi connectivity index (χ0v) is 19.9. The molecule has 4 aromatic rings. The van der Waals surface area contributed by atoms with E-state index in [0.717, 1.165) is 28.1 Å². The van der Waals surface area contributed by atoms with Crippen molar-refractivity contribution < 1.29 is 14.6 Å². The minimum absolute atomic E-state index is 0.173. The van der Waals surface area contributed by atoms with Crippen LogP contribution in [0.15, 0.2) is 54.9 Å². The second-order valence-electron chi connectivity index (χ2n) is 8.15. The Labute approximate surface area is 205 Å². The summed E-state index contributed by atoms with van der Waals surface area (Å²) in [5.41, 5.74) is 2.63. The number of halogens is 2. The molecule has 1 fully saturated rings. The average Bonchev–Trinajstić information content (AvgIpc) is 3.25. The maximum Gasteiger partial charge on any atom is 0.256 e. The second kappa shape index (κ2) is 9.16. The molecule has 0 bridgehead atoms. The van der Waals surface area contributed by atoms with Crippen LogP contribution >= 0.6 is 23.4 Å². The molecule has 1 saturated heterocycles. The van der Waals surface area contributed by atoms with Gasteiger partial charge in [-0.25, -0.2) is 14.3 Å². The molecular weight excluding hydrogens is 477 g/mol. The number of aromatic nitrogens is 3. The number of anilines is 2. The van der Waals surface area contributed by atoms with Crippen molar-refractivity contribution in [2.75, 3.05) is 29.9 Å². The van der Waals surface area contributed by atoms with Crippen molar-refractivity contribution in [1.82, 2.24) is 19.4 Å². The Morgan fingerprint density at radius 1 is 1.12 bits per heavy atom. The first-order valence-electron chi connectivity index (χ1n) is 10.8. The highest BCUT2D eigenvalue weighted by Crippen LogP contribution is 2.30. The van der Waals surface area contributed by atoms with Crippen molar-refractivity contribution >= 4 is 46.0 Å². The third-order valence-electron chi connectivity index (χ3n) is 5.90. The molecule has 2 aromatic carbocycles. The summed E-state index contributed by atoms with van der Waals surface area (Å²) in [6, 6.07) is 11.8. The van der Waals surface area contributed by atoms with Crippen LogP contribution in [0, 0.1) is 12.7 Å². The lowest BCUT2D eigenvalue weighted by Gasteiger charge is -2.37. The quantitative estimate of drug-likeness (QED) is 0.351. The molecule has 5 rings (SSSR count). The third kappa shape index (κ3) is 4.37. The Morgan fingerprint density at radius 2 is 1.91 bits per heavy atom. The Bertz CT molecular complexity index is 1360. The summed E-state index contributed by atoms with van der Waals surface area (Å²) in [4.78, 5) is 10.4. The number of nitrogens with one attached hydrogen (secondary N) is 1. The minimum Gasteiger partial charge on any atom is -0.349 e. The van der Waals surface area contributed by atoms with Gasteiger partial charge in [-0.05, 0) is 48.9 Å². The van der Waals surface area contributed by atoms with Gasteiger partial charge in [0.1, 0.15) is 11.5 Å². The van der Waals surface area contributed by atoms with Gasteiger partial charge in [0, 0.05) is 58.8 Å². The summed E-state index contributed by atoms with van der Waals surface area (Å²) >= 11 is 7.95. The molecule has 176 valence electrons. The van der Waals surface area contributed by atoms with Gasteiger partial charge in [-0.15, -0.1) is 0 Å². The van der Waals surface area contributed by atoms with Gasteiger partial charge in [-0.3, -0.25) is 0 Å². The van der Waals surface area contributed by atoms with E-state index in [0.29, 0.717) is 35.4 Å². The first-order chi connectivity index (χ1) is 16.3. The van der Waals surface area contributed by atoms with Crippen LogP contribution in [-0.2, 0) is 5.91 Å². The van der Waals surface area contributed by atoms with Gasteiger partial charge in [0.2, 0.25) is 5.95 Å². The van der Waals surface area contributed by atoms with Gasteiger partial charge in [0.25, 0.3) is 5.91 Å². The van der Waals surface area contributed by atoms with Crippen LogP contribution in [0.2, 0.25) is 5.02 Å². The van der Waals surface area contributed by atoms with Crippen molar-refractivity contribution in [3.05, 3.63) is 76.8 Å². The summed E-state index contributed by atoms with van der Waals surface area (Å²) in [6.07, 6.45) is 3.45. The van der Waals surface area contributed by atoms with E-state index < -0.39 is 11.7 Å². The smallest absolute Gasteiger partial charge is 0.256 e. The zero-order chi connectivity index (χ0) is 23.9. The van der Waals surface area contributed by atoms with Gasteiger partial charge >= 0.3 is 0 Å². The number of hydrogen-bond donors (Lipinski definition) is 3. The number of rotatable bonds is 5. The molecule has 1 aliphatic rings. The van der Waals surface area contributed by atoms with Crippen LogP contribution in [0.1, 0.15) is 11.1 Å². The monoisotopic (exact) mass is 499 g/mol. The van der Waals surface area contributed by atoms with Crippen molar-refractivity contribution in [2.45, 2.75) is 12.8 Å². The Morgan fingerprint density at radius 3 is 2.65 bits per heavy atom. The fraction of sp³-hybridized carbons (Fsp3) is 0.250. The Hall–Kier alpha value is -2.69. The number of aliphatic hydroxyl groups is 2. The van der Waals surface area contributed by atoms with E-state index >= 15 is 4.39 Å². The fourth-order valence-electron chi connectivity index (χ4n) is 3.96. The van der Waals surface area contributed by atoms with Crippen LogP contribution in [-0.4, -0.2) is 54.2 Å². The van der Waals surface area contributed by atoms with Crippen molar-refractivity contribution in [2.24, 2.45) is 0 Å². The topological polar surface area (TPSA) is 86.4 Å². The summed E-state index contributed by atoms with van der Waals surface area (Å²) in [7, 11) is 0. The van der Waals surface area contributed by atoms with Crippen molar-refractivity contribution in [1.29, 1.82) is 0 Å². The molecule has 10 heteroatoms. The van der Waals surface area contributed by atoms with E-state index in [9.17, 15) is 10.2 Å². The number of fused-ring (bicyclic) bond motifs is 1. The van der Waals surface area contributed by atoms with E-state index in [1.807, 2.05) is 25.1 Å². The molecule has 0 atom stereocenters. The average molecular weight is 500 g/mol. The van der Waals surface area contributed by atoms with Crippen LogP contribution < -0.4 is 5.32 Å². The highest BCUT2D eigenvalue weighted by Gasteiger charge is 2.37. The maximum atomic E-state index is 15.1. The Kier molecular flexibility index (Phi) is 6.22. The molecule has 2 aromatic heterocycles. The maximum absolute atomic E-state index is 15.1. The molecule has 3 N–H and O–H groups in total. The molecule has 0 radical (unpaired) electrons. The standard InChI is InChI=1S/C24H23ClFN5O2S/c1-15-2-3-17(12-20(15)25)28-23-27-14-16-6-7-31(22(16)29-23)18-4-5-19(21(26)13-18)24(32,33)30-8-10-34-11-9-30/h2-7,12-14,32-33H,8-11H2,1H3,(H,27,28,29). The highest BCUT2D eigenvalue weighted by atomic mass is 35.5. The normalized spacial score (nSPS) is 15.1. The van der Waals surface area contributed by atoms with Crippen molar-refractivity contribution in [3.63, 3.8) is 0 Å². The number of benzene rings is 2. The van der Waals surface area contributed by atoms with Gasteiger partial charge in [0.05, 0.1) is 5.56 Å². The number of thioether (sulfide) groups is 1. The molecule has 0 aliphatic carbocycles. The molecule has 34 heavy (non-hydrogen) atoms. The van der Waals surface area contributed by atoms with E-state index in [1.54, 1.807) is 40.9 Å². The lowest BCUT2D eigenvalue weighted by Crippen LogP contribution is -2.50. The molecule has 0 amide bonds. The molecule has 0 saturated carbocycles. The Balaban J connectivity index is 1.46. The third-order valence-corrected chi connectivity index (χ3v) is 7.25. The van der Waals surface area contributed by atoms with Gasteiger partial charge in [-0.1, -0.05) is 17.7 Å². The van der Waals surface area contributed by atoms with E-state index in [4.69, 9.17) is 11.6 Å². The first kappa shape index (κ1) is 23.1. The van der Waals surface area contributed by atoms with Crippen LogP contribution in [0.5, 0.6) is 0 Å². The summed E-state index contributed by atoms with van der Waals surface area (Å²) in [6.45, 7) is 2.87. The van der Waals surface area contributed by atoms with Crippen molar-refractivity contribution in [3.8, 4) is 5.69 Å². The molecule has 1 aliphatic heterocycles. The van der Waals surface area contributed by atoms with Crippen LogP contribution in [0.4, 0.5) is 16.0 Å². The lowest BCUT2D eigenvalue weighted by molar-refractivity contribution is -0.274. The molecule has 7 nitrogen and oxygen atoms in total. The van der Waals surface area contributed by atoms with E-state index in [-0.39, 0.29) is 5.56 Å². The van der Waals surface area contributed by atoms with Crippen LogP contribution in [0.25, 0.3) is 16.7 Å². The summed E-state index contributed by atoms with van der Waals surface area (Å²) < 4.78 is 16.8. The lowest BCUT2D eigenvalue weighted by atomic mass is 10.1. The summed E-state index contributed by atoms with van der Waals surface area (Å²) in [5.74, 6) is -1.16. The molecule has 3 heterocycles. The van der Waals surface area contributed by atoms with E-state index in [2.05, 4.69) is 15.3 Å². The number of nitrogens with zero attached hydrogens (tertiary/aromatic N) is 4. The van der Waals surface area contributed by atoms with E-state index in [1.165, 1.54) is 17.0 Å². The second-order valence-corrected chi connectivity index (χ2v) is 9.78. The molecule has 0 spiro atoms. The fourth-order valence-corrected chi connectivity index (χ4v) is 5.04. The predicted molar refractivity (Wildman–Crippen MR) is 133 cm³/mol. The highest BCUT2D eigenvalue weighted by molar-refractivity contribution is 7.99. The first-order valence-corrected chi connectivity index (χ1v) is 12.3. The van der Waals surface area contributed by atoms with Gasteiger partial charge in [-0.2, -0.15) is 16.7 Å². The van der Waals surface area contributed by atoms with Gasteiger partial charge in [0.15, 0.2) is 0 Å². The largest absolute Gasteiger partial charge is 0.349 e. The minimum atomic E-state index is -2.36. The number of aryl methyl sites for hydroxylation is 1. The number of hydrogen-bond acceptors (Lipinski definition) is 7.